The molecule has 1 rings (SSSR count). The van der Waals surface area contributed by atoms with Crippen LogP contribution < -0.4 is 0 Å². The van der Waals surface area contributed by atoms with Crippen LogP contribution in [0.1, 0.15) is 26.7 Å². The van der Waals surface area contributed by atoms with E-state index in [0.717, 1.165) is 12.8 Å². The molecule has 1 aliphatic carbocycles. The first-order valence-corrected chi connectivity index (χ1v) is 4.61. The quantitative estimate of drug-likeness (QED) is 0.527. The zero-order chi connectivity index (χ0) is 11.1. The molecular weight excluding hydrogens is 180 g/mol. The van der Waals surface area contributed by atoms with E-state index in [9.17, 15) is 0 Å². The Morgan fingerprint density at radius 1 is 1.71 bits per heavy atom. The third-order valence-electron chi connectivity index (χ3n) is 2.54. The van der Waals surface area contributed by atoms with Gasteiger partial charge in [0.2, 0.25) is 0 Å². The number of carboxylic acid groups (broad SMARTS) is 1. The molecule has 0 aromatic carbocycles. The fourth-order valence-corrected chi connectivity index (χ4v) is 1.78. The number of aliphatic hydroxyl groups excluding tert-OH is 1. The molecule has 0 saturated heterocycles. The van der Waals surface area contributed by atoms with Gasteiger partial charge in [-0.05, 0) is 32.3 Å². The van der Waals surface area contributed by atoms with E-state index >= 15 is 0 Å². The van der Waals surface area contributed by atoms with Gasteiger partial charge < -0.3 is 10.2 Å². The summed E-state index contributed by atoms with van der Waals surface area (Å²) in [7, 11) is 0. The molecular formula is C11H18O3. The van der Waals surface area contributed by atoms with Crippen LogP contribution in [0.2, 0.25) is 0 Å². The second kappa shape index (κ2) is 6.38. The minimum absolute atomic E-state index is 0.212. The molecule has 0 bridgehead atoms. The monoisotopic (exact) mass is 198 g/mol. The summed E-state index contributed by atoms with van der Waals surface area (Å²) in [6.07, 6.45) is 2.28. The van der Waals surface area contributed by atoms with Gasteiger partial charge in [-0.15, -0.1) is 0 Å². The van der Waals surface area contributed by atoms with Gasteiger partial charge in [0, 0.05) is 5.92 Å². The first-order valence-electron chi connectivity index (χ1n) is 4.61. The van der Waals surface area contributed by atoms with E-state index in [1.54, 1.807) is 0 Å². The number of hydrogen-bond acceptors (Lipinski definition) is 2. The summed E-state index contributed by atoms with van der Waals surface area (Å²) in [5.74, 6) is 0.458. The first kappa shape index (κ1) is 12.9. The molecule has 0 saturated carbocycles. The Labute approximate surface area is 84.8 Å². The predicted octanol–water partition coefficient (Wildman–Crippen LogP) is 1.98. The summed E-state index contributed by atoms with van der Waals surface area (Å²) in [4.78, 5) is 8.36. The van der Waals surface area contributed by atoms with Crippen LogP contribution in [0.3, 0.4) is 0 Å². The molecule has 2 N–H and O–H groups in total. The van der Waals surface area contributed by atoms with Gasteiger partial charge in [0.25, 0.3) is 6.47 Å². The second-order valence-corrected chi connectivity index (χ2v) is 3.51. The van der Waals surface area contributed by atoms with Gasteiger partial charge in [-0.1, -0.05) is 17.7 Å². The van der Waals surface area contributed by atoms with Crippen molar-refractivity contribution in [2.24, 2.45) is 5.92 Å². The van der Waals surface area contributed by atoms with Crippen LogP contribution in [0.5, 0.6) is 0 Å². The van der Waals surface area contributed by atoms with Gasteiger partial charge in [0.1, 0.15) is 0 Å². The van der Waals surface area contributed by atoms with Crippen molar-refractivity contribution in [2.75, 3.05) is 6.61 Å². The van der Waals surface area contributed by atoms with Crippen LogP contribution in [0.15, 0.2) is 23.3 Å². The SMILES string of the molecule is C=C(C)C1CCC(C)=C1CO.O=CO. The standard InChI is InChI=1S/C10H16O.CH2O2/c1-7(2)9-5-4-8(3)10(9)6-11;2-1-3/h9,11H,1,4-6H2,2-3H3;1H,(H,2,3). The van der Waals surface area contributed by atoms with Crippen molar-refractivity contribution >= 4 is 6.47 Å². The Balaban J connectivity index is 0.000000500. The van der Waals surface area contributed by atoms with Crippen molar-refractivity contribution in [2.45, 2.75) is 26.7 Å². The first-order chi connectivity index (χ1) is 6.58. The van der Waals surface area contributed by atoms with Gasteiger partial charge in [-0.2, -0.15) is 0 Å². The van der Waals surface area contributed by atoms with Gasteiger partial charge in [0.15, 0.2) is 0 Å². The smallest absolute Gasteiger partial charge is 0.290 e. The maximum Gasteiger partial charge on any atom is 0.290 e. The van der Waals surface area contributed by atoms with Gasteiger partial charge in [-0.25, -0.2) is 0 Å². The topological polar surface area (TPSA) is 57.5 Å². The Morgan fingerprint density at radius 2 is 2.21 bits per heavy atom. The normalized spacial score (nSPS) is 20.1. The molecule has 0 aromatic heterocycles. The molecule has 1 atom stereocenters. The van der Waals surface area contributed by atoms with Crippen molar-refractivity contribution in [1.29, 1.82) is 0 Å². The molecule has 0 radical (unpaired) electrons. The van der Waals surface area contributed by atoms with Crippen LogP contribution in [0.4, 0.5) is 0 Å². The maximum atomic E-state index is 9.06. The fourth-order valence-electron chi connectivity index (χ4n) is 1.78. The summed E-state index contributed by atoms with van der Waals surface area (Å²) in [6.45, 7) is 8.03. The van der Waals surface area contributed by atoms with Gasteiger partial charge >= 0.3 is 0 Å². The van der Waals surface area contributed by atoms with Crippen LogP contribution in [0.25, 0.3) is 0 Å². The maximum absolute atomic E-state index is 9.06. The number of aliphatic hydroxyl groups is 1. The van der Waals surface area contributed by atoms with E-state index in [1.807, 2.05) is 6.92 Å². The molecule has 80 valence electrons. The summed E-state index contributed by atoms with van der Waals surface area (Å²) in [5, 5.41) is 15.9. The Kier molecular flexibility index (Phi) is 5.88. The molecule has 1 aliphatic rings. The highest BCUT2D eigenvalue weighted by Crippen LogP contribution is 2.35. The minimum Gasteiger partial charge on any atom is -0.483 e. The van der Waals surface area contributed by atoms with E-state index in [-0.39, 0.29) is 13.1 Å². The zero-order valence-corrected chi connectivity index (χ0v) is 8.79. The number of rotatable bonds is 2. The van der Waals surface area contributed by atoms with E-state index in [1.165, 1.54) is 16.7 Å². The van der Waals surface area contributed by atoms with Crippen molar-refractivity contribution < 1.29 is 15.0 Å². The third kappa shape index (κ3) is 3.34. The third-order valence-corrected chi connectivity index (χ3v) is 2.54. The summed E-state index contributed by atoms with van der Waals surface area (Å²) in [5.41, 5.74) is 3.75. The van der Waals surface area contributed by atoms with Crippen LogP contribution in [-0.2, 0) is 4.79 Å². The van der Waals surface area contributed by atoms with Crippen molar-refractivity contribution in [3.05, 3.63) is 23.3 Å². The molecule has 0 fully saturated rings. The van der Waals surface area contributed by atoms with Gasteiger partial charge in [-0.3, -0.25) is 4.79 Å². The van der Waals surface area contributed by atoms with Crippen LogP contribution in [0, 0.1) is 5.92 Å². The van der Waals surface area contributed by atoms with Crippen molar-refractivity contribution in [1.82, 2.24) is 0 Å². The predicted molar refractivity (Wildman–Crippen MR) is 56.0 cm³/mol. The molecule has 0 spiro atoms. The van der Waals surface area contributed by atoms with Crippen LogP contribution >= 0.6 is 0 Å². The molecule has 3 heteroatoms. The summed E-state index contributed by atoms with van der Waals surface area (Å²) < 4.78 is 0. The number of allylic oxidation sites excluding steroid dienone is 2. The lowest BCUT2D eigenvalue weighted by atomic mass is 9.95. The molecule has 3 nitrogen and oxygen atoms in total. The van der Waals surface area contributed by atoms with Gasteiger partial charge in [0.05, 0.1) is 6.61 Å². The Bertz CT molecular complexity index is 241. The highest BCUT2D eigenvalue weighted by Gasteiger charge is 2.22. The average molecular weight is 198 g/mol. The Hall–Kier alpha value is -1.09. The van der Waals surface area contributed by atoms with Crippen molar-refractivity contribution in [3.63, 3.8) is 0 Å². The number of hydrogen-bond donors (Lipinski definition) is 2. The molecule has 14 heavy (non-hydrogen) atoms. The second-order valence-electron chi connectivity index (χ2n) is 3.51. The van der Waals surface area contributed by atoms with Crippen molar-refractivity contribution in [3.8, 4) is 0 Å². The molecule has 0 aliphatic heterocycles. The molecule has 0 aromatic rings. The average Bonchev–Trinajstić information content (AvgIpc) is 2.47. The largest absolute Gasteiger partial charge is 0.483 e. The lowest BCUT2D eigenvalue weighted by molar-refractivity contribution is -0.122. The van der Waals surface area contributed by atoms with E-state index in [4.69, 9.17) is 15.0 Å². The highest BCUT2D eigenvalue weighted by atomic mass is 16.3. The molecule has 0 heterocycles. The minimum atomic E-state index is -0.250. The molecule has 0 amide bonds. The lowest BCUT2D eigenvalue weighted by Crippen LogP contribution is -2.03. The number of carbonyl (C=O) groups is 1. The zero-order valence-electron chi connectivity index (χ0n) is 8.79. The summed E-state index contributed by atoms with van der Waals surface area (Å²) in [6, 6.07) is 0. The fraction of sp³-hybridized carbons (Fsp3) is 0.545. The van der Waals surface area contributed by atoms with E-state index < -0.39 is 0 Å². The van der Waals surface area contributed by atoms with E-state index in [2.05, 4.69) is 13.5 Å². The molecule has 1 unspecified atom stereocenters. The van der Waals surface area contributed by atoms with Crippen LogP contribution in [-0.4, -0.2) is 23.3 Å². The Morgan fingerprint density at radius 3 is 2.50 bits per heavy atom. The lowest BCUT2D eigenvalue weighted by Gasteiger charge is -2.12. The van der Waals surface area contributed by atoms with E-state index in [0.29, 0.717) is 5.92 Å². The summed E-state index contributed by atoms with van der Waals surface area (Å²) >= 11 is 0. The highest BCUT2D eigenvalue weighted by molar-refractivity contribution is 5.32.